The van der Waals surface area contributed by atoms with Gasteiger partial charge >= 0.3 is 0 Å². The average Bonchev–Trinajstić information content (AvgIpc) is 3.04. The van der Waals surface area contributed by atoms with Crippen LogP contribution in [-0.4, -0.2) is 37.4 Å². The Labute approximate surface area is 142 Å². The lowest BCUT2D eigenvalue weighted by atomic mass is 10.2. The van der Waals surface area contributed by atoms with Crippen LogP contribution in [0.2, 0.25) is 5.02 Å². The number of carbonyl (C=O) groups is 1. The first-order chi connectivity index (χ1) is 11.1. The number of piperazine rings is 1. The van der Waals surface area contributed by atoms with Gasteiger partial charge in [-0.25, -0.2) is 0 Å². The summed E-state index contributed by atoms with van der Waals surface area (Å²) in [6.45, 7) is 3.16. The van der Waals surface area contributed by atoms with Crippen LogP contribution in [0.4, 0.5) is 16.4 Å². The van der Waals surface area contributed by atoms with Crippen molar-refractivity contribution in [3.63, 3.8) is 0 Å². The van der Waals surface area contributed by atoms with Crippen LogP contribution >= 0.6 is 22.9 Å². The zero-order chi connectivity index (χ0) is 16.4. The predicted octanol–water partition coefficient (Wildman–Crippen LogP) is 3.45. The van der Waals surface area contributed by atoms with E-state index in [0.29, 0.717) is 5.02 Å². The molecule has 0 bridgehead atoms. The maximum absolute atomic E-state index is 10.8. The fourth-order valence-corrected chi connectivity index (χ4v) is 3.78. The Hall–Kier alpha value is -2.12. The van der Waals surface area contributed by atoms with Gasteiger partial charge < -0.3 is 9.80 Å². The van der Waals surface area contributed by atoms with E-state index in [0.717, 1.165) is 48.0 Å². The Morgan fingerprint density at radius 1 is 1.13 bits per heavy atom. The van der Waals surface area contributed by atoms with Crippen molar-refractivity contribution in [1.82, 2.24) is 0 Å². The summed E-state index contributed by atoms with van der Waals surface area (Å²) in [5.41, 5.74) is 0.814. The molecule has 1 fully saturated rings. The molecule has 1 saturated heterocycles. The van der Waals surface area contributed by atoms with E-state index in [4.69, 9.17) is 11.6 Å². The van der Waals surface area contributed by atoms with E-state index in [1.165, 1.54) is 23.5 Å². The highest BCUT2D eigenvalue weighted by molar-refractivity contribution is 7.17. The molecular weight excluding hydrogens is 338 g/mol. The van der Waals surface area contributed by atoms with E-state index in [1.54, 1.807) is 6.07 Å². The molecule has 8 heteroatoms. The van der Waals surface area contributed by atoms with Crippen LogP contribution in [-0.2, 0) is 0 Å². The first-order valence-corrected chi connectivity index (χ1v) is 8.27. The number of nitro groups is 1. The van der Waals surface area contributed by atoms with Crippen LogP contribution in [0.5, 0.6) is 0 Å². The van der Waals surface area contributed by atoms with Gasteiger partial charge in [0.1, 0.15) is 0 Å². The standard InChI is InChI=1S/C15H14ClN3O3S/c16-13-9-11(19(21)22)1-3-14(13)17-5-7-18(8-6-17)15-4-2-12(10-20)23-15/h1-4,9-10H,5-8H2. The summed E-state index contributed by atoms with van der Waals surface area (Å²) in [7, 11) is 0. The molecule has 6 nitrogen and oxygen atoms in total. The number of nitrogens with zero attached hydrogens (tertiary/aromatic N) is 3. The van der Waals surface area contributed by atoms with Gasteiger partial charge in [-0.15, -0.1) is 11.3 Å². The minimum atomic E-state index is -0.449. The van der Waals surface area contributed by atoms with Crippen LogP contribution in [0.3, 0.4) is 0 Å². The third kappa shape index (κ3) is 3.30. The second-order valence-electron chi connectivity index (χ2n) is 5.16. The second-order valence-corrected chi connectivity index (χ2v) is 6.66. The number of nitro benzene ring substituents is 1. The van der Waals surface area contributed by atoms with Crippen molar-refractivity contribution in [1.29, 1.82) is 0 Å². The van der Waals surface area contributed by atoms with Crippen molar-refractivity contribution in [2.45, 2.75) is 0 Å². The number of hydrogen-bond donors (Lipinski definition) is 0. The van der Waals surface area contributed by atoms with Crippen molar-refractivity contribution in [3.05, 3.63) is 50.3 Å². The van der Waals surface area contributed by atoms with Crippen molar-refractivity contribution >= 4 is 45.6 Å². The highest BCUT2D eigenvalue weighted by Gasteiger charge is 2.21. The van der Waals surface area contributed by atoms with E-state index in [-0.39, 0.29) is 5.69 Å². The molecule has 0 saturated carbocycles. The van der Waals surface area contributed by atoms with Crippen LogP contribution < -0.4 is 9.80 Å². The molecule has 0 radical (unpaired) electrons. The van der Waals surface area contributed by atoms with Crippen molar-refractivity contribution < 1.29 is 9.72 Å². The summed E-state index contributed by atoms with van der Waals surface area (Å²) in [4.78, 5) is 26.2. The van der Waals surface area contributed by atoms with E-state index < -0.39 is 4.92 Å². The molecule has 0 N–H and O–H groups in total. The number of hydrogen-bond acceptors (Lipinski definition) is 6. The van der Waals surface area contributed by atoms with Crippen LogP contribution in [0.25, 0.3) is 0 Å². The molecule has 0 spiro atoms. The number of non-ortho nitro benzene ring substituents is 1. The van der Waals surface area contributed by atoms with Gasteiger partial charge in [-0.05, 0) is 18.2 Å². The van der Waals surface area contributed by atoms with Gasteiger partial charge in [-0.2, -0.15) is 0 Å². The molecule has 23 heavy (non-hydrogen) atoms. The Morgan fingerprint density at radius 3 is 2.39 bits per heavy atom. The normalized spacial score (nSPS) is 14.8. The third-order valence-electron chi connectivity index (χ3n) is 3.80. The Balaban J connectivity index is 1.69. The topological polar surface area (TPSA) is 66.7 Å². The van der Waals surface area contributed by atoms with E-state index in [2.05, 4.69) is 9.80 Å². The summed E-state index contributed by atoms with van der Waals surface area (Å²) < 4.78 is 0. The van der Waals surface area contributed by atoms with Crippen molar-refractivity contribution in [3.8, 4) is 0 Å². The molecule has 3 rings (SSSR count). The molecule has 0 aliphatic carbocycles. The molecular formula is C15H14ClN3O3S. The minimum absolute atomic E-state index is 0.00244. The molecule has 0 amide bonds. The maximum Gasteiger partial charge on any atom is 0.271 e. The number of benzene rings is 1. The summed E-state index contributed by atoms with van der Waals surface area (Å²) >= 11 is 7.67. The van der Waals surface area contributed by atoms with Gasteiger partial charge in [0.15, 0.2) is 6.29 Å². The molecule has 0 atom stereocenters. The lowest BCUT2D eigenvalue weighted by Crippen LogP contribution is -2.46. The lowest BCUT2D eigenvalue weighted by molar-refractivity contribution is -0.384. The summed E-state index contributed by atoms with van der Waals surface area (Å²) in [5.74, 6) is 0. The minimum Gasteiger partial charge on any atom is -0.367 e. The average molecular weight is 352 g/mol. The SMILES string of the molecule is O=Cc1ccc(N2CCN(c3ccc([N+](=O)[O-])cc3Cl)CC2)s1. The Kier molecular flexibility index (Phi) is 4.49. The number of aldehydes is 1. The number of rotatable bonds is 4. The van der Waals surface area contributed by atoms with Crippen LogP contribution in [0.1, 0.15) is 9.67 Å². The molecule has 1 aliphatic heterocycles. The van der Waals surface area contributed by atoms with Crippen molar-refractivity contribution in [2.24, 2.45) is 0 Å². The zero-order valence-electron chi connectivity index (χ0n) is 12.1. The Bertz CT molecular complexity index is 741. The van der Waals surface area contributed by atoms with Gasteiger partial charge in [-0.3, -0.25) is 14.9 Å². The maximum atomic E-state index is 10.8. The number of thiophene rings is 1. The predicted molar refractivity (Wildman–Crippen MR) is 92.2 cm³/mol. The van der Waals surface area contributed by atoms with Gasteiger partial charge in [0.2, 0.25) is 0 Å². The van der Waals surface area contributed by atoms with Crippen molar-refractivity contribution in [2.75, 3.05) is 36.0 Å². The van der Waals surface area contributed by atoms with Gasteiger partial charge in [0.25, 0.3) is 5.69 Å². The van der Waals surface area contributed by atoms with Crippen LogP contribution in [0.15, 0.2) is 30.3 Å². The first-order valence-electron chi connectivity index (χ1n) is 7.07. The fraction of sp³-hybridized carbons (Fsp3) is 0.267. The van der Waals surface area contributed by atoms with E-state index in [9.17, 15) is 14.9 Å². The lowest BCUT2D eigenvalue weighted by Gasteiger charge is -2.36. The quantitative estimate of drug-likeness (QED) is 0.479. The first kappa shape index (κ1) is 15.8. The highest BCUT2D eigenvalue weighted by Crippen LogP contribution is 2.32. The summed E-state index contributed by atoms with van der Waals surface area (Å²) in [6, 6.07) is 8.35. The molecule has 1 aromatic heterocycles. The van der Waals surface area contributed by atoms with Gasteiger partial charge in [0.05, 0.1) is 25.5 Å². The number of halogens is 1. The van der Waals surface area contributed by atoms with Gasteiger partial charge in [-0.1, -0.05) is 11.6 Å². The number of anilines is 2. The monoisotopic (exact) mass is 351 g/mol. The molecule has 0 unspecified atom stereocenters. The molecule has 120 valence electrons. The van der Waals surface area contributed by atoms with E-state index in [1.807, 2.05) is 12.1 Å². The highest BCUT2D eigenvalue weighted by atomic mass is 35.5. The molecule has 2 aromatic rings. The second kappa shape index (κ2) is 6.55. The fourth-order valence-electron chi connectivity index (χ4n) is 2.61. The van der Waals surface area contributed by atoms with Gasteiger partial charge in [0, 0.05) is 38.3 Å². The molecule has 2 heterocycles. The molecule has 1 aromatic carbocycles. The smallest absolute Gasteiger partial charge is 0.271 e. The third-order valence-corrected chi connectivity index (χ3v) is 5.18. The Morgan fingerprint density at radius 2 is 1.83 bits per heavy atom. The number of carbonyl (C=O) groups excluding carboxylic acids is 1. The van der Waals surface area contributed by atoms with E-state index >= 15 is 0 Å². The van der Waals surface area contributed by atoms with Crippen LogP contribution in [0, 0.1) is 10.1 Å². The zero-order valence-corrected chi connectivity index (χ0v) is 13.7. The molecule has 1 aliphatic rings. The summed E-state index contributed by atoms with van der Waals surface area (Å²) in [5, 5.41) is 12.3. The largest absolute Gasteiger partial charge is 0.367 e. The summed E-state index contributed by atoms with van der Waals surface area (Å²) in [6.07, 6.45) is 0.862.